The van der Waals surface area contributed by atoms with Crippen LogP contribution in [0.1, 0.15) is 32.0 Å². The summed E-state index contributed by atoms with van der Waals surface area (Å²) in [4.78, 5) is 24.8. The van der Waals surface area contributed by atoms with Crippen molar-refractivity contribution in [2.45, 2.75) is 17.1 Å². The Kier molecular flexibility index (Phi) is 5.65. The molecule has 1 aliphatic heterocycles. The van der Waals surface area contributed by atoms with Crippen molar-refractivity contribution >= 4 is 34.8 Å². The number of thioether (sulfide) groups is 1. The van der Waals surface area contributed by atoms with Crippen molar-refractivity contribution in [2.24, 2.45) is 0 Å². The molecule has 0 aliphatic carbocycles. The maximum atomic E-state index is 12.3. The molecule has 3 rings (SSSR count). The zero-order valence-corrected chi connectivity index (χ0v) is 15.7. The molecule has 0 fully saturated rings. The second-order valence-electron chi connectivity index (χ2n) is 5.53. The number of carbonyl (C=O) groups excluding carboxylic acids is 2. The minimum Gasteiger partial charge on any atom is -0.493 e. The van der Waals surface area contributed by atoms with E-state index in [-0.39, 0.29) is 11.7 Å². The minimum atomic E-state index is -0.131. The van der Waals surface area contributed by atoms with E-state index in [1.54, 1.807) is 32.0 Å². The maximum absolute atomic E-state index is 12.3. The Morgan fingerprint density at radius 2 is 2.00 bits per heavy atom. The van der Waals surface area contributed by atoms with Gasteiger partial charge in [0, 0.05) is 24.3 Å². The summed E-state index contributed by atoms with van der Waals surface area (Å²) in [5, 5.41) is 2.92. The van der Waals surface area contributed by atoms with Gasteiger partial charge in [-0.25, -0.2) is 0 Å². The molecule has 2 heterocycles. The number of carbonyl (C=O) groups is 2. The van der Waals surface area contributed by atoms with Crippen molar-refractivity contribution < 1.29 is 19.1 Å². The molecule has 1 aromatic heterocycles. The minimum absolute atomic E-state index is 0.131. The van der Waals surface area contributed by atoms with Crippen LogP contribution in [0.25, 0.3) is 0 Å². The normalized spacial score (nSPS) is 13.3. The van der Waals surface area contributed by atoms with Crippen LogP contribution in [0.3, 0.4) is 0 Å². The number of methoxy groups -OCH3 is 2. The third-order valence-electron chi connectivity index (χ3n) is 3.93. The van der Waals surface area contributed by atoms with Gasteiger partial charge in [0.2, 0.25) is 0 Å². The van der Waals surface area contributed by atoms with E-state index in [2.05, 4.69) is 5.32 Å². The quantitative estimate of drug-likeness (QED) is 0.836. The number of Topliss-reactive ketones (excluding diaryl/α,β-unsaturated/α-hetero) is 1. The molecule has 0 saturated heterocycles. The van der Waals surface area contributed by atoms with Crippen LogP contribution in [0.4, 0.5) is 0 Å². The SMILES string of the molecule is COc1ccc(CCNC(=O)c2cc3c(s2)SCCC3=O)cc1OC. The Morgan fingerprint density at radius 3 is 2.72 bits per heavy atom. The summed E-state index contributed by atoms with van der Waals surface area (Å²) in [6, 6.07) is 7.43. The Hall–Kier alpha value is -1.99. The smallest absolute Gasteiger partial charge is 0.261 e. The number of hydrogen-bond acceptors (Lipinski definition) is 6. The van der Waals surface area contributed by atoms with Crippen molar-refractivity contribution in [1.82, 2.24) is 5.32 Å². The van der Waals surface area contributed by atoms with Crippen LogP contribution in [0.5, 0.6) is 11.5 Å². The van der Waals surface area contributed by atoms with E-state index < -0.39 is 0 Å². The van der Waals surface area contributed by atoms with Gasteiger partial charge in [-0.15, -0.1) is 23.1 Å². The van der Waals surface area contributed by atoms with Gasteiger partial charge >= 0.3 is 0 Å². The fraction of sp³-hybridized carbons (Fsp3) is 0.333. The number of benzene rings is 1. The fourth-order valence-corrected chi connectivity index (χ4v) is 4.98. The van der Waals surface area contributed by atoms with E-state index in [0.717, 1.165) is 15.5 Å². The third kappa shape index (κ3) is 3.99. The Bertz CT molecular complexity index is 800. The molecule has 132 valence electrons. The average molecular weight is 377 g/mol. The number of hydrogen-bond donors (Lipinski definition) is 1. The first-order valence-corrected chi connectivity index (χ1v) is 9.71. The highest BCUT2D eigenvalue weighted by molar-refractivity contribution is 8.01. The van der Waals surface area contributed by atoms with Crippen LogP contribution in [-0.2, 0) is 6.42 Å². The first kappa shape index (κ1) is 17.8. The Labute approximate surface area is 154 Å². The van der Waals surface area contributed by atoms with E-state index >= 15 is 0 Å². The Balaban J connectivity index is 1.59. The zero-order chi connectivity index (χ0) is 17.8. The Morgan fingerprint density at radius 1 is 1.20 bits per heavy atom. The highest BCUT2D eigenvalue weighted by Crippen LogP contribution is 2.37. The highest BCUT2D eigenvalue weighted by atomic mass is 32.2. The topological polar surface area (TPSA) is 64.6 Å². The van der Waals surface area contributed by atoms with Crippen molar-refractivity contribution in [3.8, 4) is 11.5 Å². The van der Waals surface area contributed by atoms with Gasteiger partial charge < -0.3 is 14.8 Å². The largest absolute Gasteiger partial charge is 0.493 e. The predicted octanol–water partition coefficient (Wildman–Crippen LogP) is 3.42. The molecule has 25 heavy (non-hydrogen) atoms. The summed E-state index contributed by atoms with van der Waals surface area (Å²) in [6.45, 7) is 0.512. The van der Waals surface area contributed by atoms with Crippen molar-refractivity contribution in [1.29, 1.82) is 0 Å². The fourth-order valence-electron chi connectivity index (χ4n) is 2.60. The molecule has 1 N–H and O–H groups in total. The molecular formula is C18H19NO4S2. The summed E-state index contributed by atoms with van der Waals surface area (Å²) >= 11 is 3.05. The van der Waals surface area contributed by atoms with Crippen molar-refractivity contribution in [2.75, 3.05) is 26.5 Å². The lowest BCUT2D eigenvalue weighted by Gasteiger charge is -2.10. The summed E-state index contributed by atoms with van der Waals surface area (Å²) in [5.74, 6) is 2.16. The van der Waals surface area contributed by atoms with Crippen LogP contribution >= 0.6 is 23.1 Å². The number of ketones is 1. The first-order chi connectivity index (χ1) is 12.1. The second kappa shape index (κ2) is 7.93. The van der Waals surface area contributed by atoms with Gasteiger partial charge in [0.1, 0.15) is 0 Å². The van der Waals surface area contributed by atoms with Gasteiger partial charge in [-0.2, -0.15) is 0 Å². The number of ether oxygens (including phenoxy) is 2. The summed E-state index contributed by atoms with van der Waals surface area (Å²) < 4.78 is 11.5. The molecule has 0 spiro atoms. The van der Waals surface area contributed by atoms with Gasteiger partial charge in [0.15, 0.2) is 17.3 Å². The van der Waals surface area contributed by atoms with E-state index in [1.807, 2.05) is 18.2 Å². The summed E-state index contributed by atoms with van der Waals surface area (Å²) in [5.41, 5.74) is 1.75. The van der Waals surface area contributed by atoms with Crippen molar-refractivity contribution in [3.05, 3.63) is 40.3 Å². The standard InChI is InChI=1S/C18H19NO4S2/c1-22-14-4-3-11(9-15(14)23-2)5-7-19-17(21)16-10-12-13(20)6-8-24-18(12)25-16/h3-4,9-10H,5-8H2,1-2H3,(H,19,21). The zero-order valence-electron chi connectivity index (χ0n) is 14.1. The van der Waals surface area contributed by atoms with Crippen LogP contribution < -0.4 is 14.8 Å². The lowest BCUT2D eigenvalue weighted by atomic mass is 10.1. The predicted molar refractivity (Wildman–Crippen MR) is 99.6 cm³/mol. The summed E-state index contributed by atoms with van der Waals surface area (Å²) in [6.07, 6.45) is 1.24. The molecule has 5 nitrogen and oxygen atoms in total. The van der Waals surface area contributed by atoms with Crippen LogP contribution in [0.15, 0.2) is 28.5 Å². The number of thiophene rings is 1. The van der Waals surface area contributed by atoms with Crippen molar-refractivity contribution in [3.63, 3.8) is 0 Å². The number of nitrogens with one attached hydrogen (secondary N) is 1. The van der Waals surface area contributed by atoms with Gasteiger partial charge in [-0.3, -0.25) is 9.59 Å². The molecule has 1 amide bonds. The lowest BCUT2D eigenvalue weighted by Crippen LogP contribution is -2.24. The average Bonchev–Trinajstić information content (AvgIpc) is 3.07. The number of rotatable bonds is 6. The lowest BCUT2D eigenvalue weighted by molar-refractivity contribution is 0.0958. The second-order valence-corrected chi connectivity index (χ2v) is 7.94. The maximum Gasteiger partial charge on any atom is 0.261 e. The molecule has 0 bridgehead atoms. The molecule has 0 atom stereocenters. The molecule has 0 radical (unpaired) electrons. The van der Waals surface area contributed by atoms with Gasteiger partial charge in [-0.05, 0) is 30.2 Å². The van der Waals surface area contributed by atoms with E-state index in [1.165, 1.54) is 11.3 Å². The molecule has 0 unspecified atom stereocenters. The summed E-state index contributed by atoms with van der Waals surface area (Å²) in [7, 11) is 3.20. The first-order valence-electron chi connectivity index (χ1n) is 7.91. The van der Waals surface area contributed by atoms with Crippen LogP contribution in [0.2, 0.25) is 0 Å². The van der Waals surface area contributed by atoms with Crippen LogP contribution in [-0.4, -0.2) is 38.2 Å². The number of fused-ring (bicyclic) bond motifs is 1. The molecule has 7 heteroatoms. The monoisotopic (exact) mass is 377 g/mol. The molecule has 2 aromatic rings. The third-order valence-corrected chi connectivity index (χ3v) is 6.35. The molecule has 1 aliphatic rings. The molecule has 1 aromatic carbocycles. The highest BCUT2D eigenvalue weighted by Gasteiger charge is 2.23. The van der Waals surface area contributed by atoms with Gasteiger partial charge in [0.05, 0.1) is 23.3 Å². The van der Waals surface area contributed by atoms with E-state index in [9.17, 15) is 9.59 Å². The van der Waals surface area contributed by atoms with E-state index in [0.29, 0.717) is 41.3 Å². The molecular weight excluding hydrogens is 358 g/mol. The van der Waals surface area contributed by atoms with Gasteiger partial charge in [-0.1, -0.05) is 6.07 Å². The van der Waals surface area contributed by atoms with Gasteiger partial charge in [0.25, 0.3) is 5.91 Å². The van der Waals surface area contributed by atoms with E-state index in [4.69, 9.17) is 9.47 Å². The van der Waals surface area contributed by atoms with Crippen LogP contribution in [0, 0.1) is 0 Å². The number of amides is 1. The molecule has 0 saturated carbocycles.